The Hall–Kier alpha value is -2.34. The molecule has 0 spiro atoms. The predicted octanol–water partition coefficient (Wildman–Crippen LogP) is 1.63. The molecule has 0 N–H and O–H groups in total. The van der Waals surface area contributed by atoms with Crippen LogP contribution in [0.5, 0.6) is 0 Å². The van der Waals surface area contributed by atoms with Gasteiger partial charge in [0.15, 0.2) is 0 Å². The SMILES string of the molecule is Cc1nc2c(c(C(=O)N3CCN(Cc4ccncc4)CC3)n1)CCC2. The molecule has 0 bridgehead atoms. The van der Waals surface area contributed by atoms with Gasteiger partial charge in [-0.15, -0.1) is 0 Å². The van der Waals surface area contributed by atoms with Crippen molar-refractivity contribution in [1.29, 1.82) is 0 Å². The van der Waals surface area contributed by atoms with Crippen molar-refractivity contribution in [2.75, 3.05) is 26.2 Å². The standard InChI is InChI=1S/C19H23N5O/c1-14-21-17-4-2-3-16(17)18(22-14)19(25)24-11-9-23(10-12-24)13-15-5-7-20-8-6-15/h5-8H,2-4,9-13H2,1H3. The van der Waals surface area contributed by atoms with Crippen LogP contribution in [0.2, 0.25) is 0 Å². The first-order chi connectivity index (χ1) is 12.2. The van der Waals surface area contributed by atoms with Gasteiger partial charge < -0.3 is 4.90 Å². The lowest BCUT2D eigenvalue weighted by atomic mass is 10.1. The summed E-state index contributed by atoms with van der Waals surface area (Å²) in [6.45, 7) is 6.07. The van der Waals surface area contributed by atoms with E-state index in [9.17, 15) is 4.79 Å². The smallest absolute Gasteiger partial charge is 0.272 e. The van der Waals surface area contributed by atoms with Crippen molar-refractivity contribution < 1.29 is 4.79 Å². The van der Waals surface area contributed by atoms with Gasteiger partial charge in [-0.2, -0.15) is 0 Å². The summed E-state index contributed by atoms with van der Waals surface area (Å²) in [5, 5.41) is 0. The topological polar surface area (TPSA) is 62.2 Å². The minimum absolute atomic E-state index is 0.0761. The molecule has 6 heteroatoms. The lowest BCUT2D eigenvalue weighted by Crippen LogP contribution is -2.48. The number of aryl methyl sites for hydroxylation is 2. The van der Waals surface area contributed by atoms with Crippen LogP contribution in [0.15, 0.2) is 24.5 Å². The number of carbonyl (C=O) groups excluding carboxylic acids is 1. The third kappa shape index (κ3) is 3.39. The molecule has 1 saturated heterocycles. The minimum Gasteiger partial charge on any atom is -0.335 e. The first-order valence-corrected chi connectivity index (χ1v) is 8.97. The summed E-state index contributed by atoms with van der Waals surface area (Å²) >= 11 is 0. The van der Waals surface area contributed by atoms with Crippen LogP contribution < -0.4 is 0 Å². The Morgan fingerprint density at radius 1 is 1.08 bits per heavy atom. The largest absolute Gasteiger partial charge is 0.335 e. The second-order valence-corrected chi connectivity index (χ2v) is 6.82. The van der Waals surface area contributed by atoms with Gasteiger partial charge in [0, 0.05) is 56.4 Å². The van der Waals surface area contributed by atoms with Crippen molar-refractivity contribution in [1.82, 2.24) is 24.8 Å². The Morgan fingerprint density at radius 2 is 1.84 bits per heavy atom. The van der Waals surface area contributed by atoms with Crippen LogP contribution in [-0.4, -0.2) is 56.8 Å². The molecule has 3 heterocycles. The van der Waals surface area contributed by atoms with Gasteiger partial charge in [0.2, 0.25) is 0 Å². The summed E-state index contributed by atoms with van der Waals surface area (Å²) in [5.41, 5.74) is 4.06. The lowest BCUT2D eigenvalue weighted by molar-refractivity contribution is 0.0621. The van der Waals surface area contributed by atoms with Crippen LogP contribution in [0.1, 0.15) is 39.6 Å². The maximum absolute atomic E-state index is 13.0. The second kappa shape index (κ2) is 6.88. The third-order valence-electron chi connectivity index (χ3n) is 5.06. The Morgan fingerprint density at radius 3 is 2.60 bits per heavy atom. The molecule has 0 unspecified atom stereocenters. The molecule has 6 nitrogen and oxygen atoms in total. The van der Waals surface area contributed by atoms with E-state index in [1.54, 1.807) is 0 Å². The molecule has 1 aliphatic carbocycles. The van der Waals surface area contributed by atoms with Crippen molar-refractivity contribution in [2.45, 2.75) is 32.7 Å². The molecule has 0 saturated carbocycles. The van der Waals surface area contributed by atoms with E-state index in [1.165, 1.54) is 5.56 Å². The predicted molar refractivity (Wildman–Crippen MR) is 94.2 cm³/mol. The van der Waals surface area contributed by atoms with Crippen molar-refractivity contribution in [3.8, 4) is 0 Å². The number of pyridine rings is 1. The van der Waals surface area contributed by atoms with Gasteiger partial charge in [-0.05, 0) is 43.9 Å². The molecule has 1 fully saturated rings. The summed E-state index contributed by atoms with van der Waals surface area (Å²) < 4.78 is 0. The van der Waals surface area contributed by atoms with Gasteiger partial charge in [-0.3, -0.25) is 14.7 Å². The number of fused-ring (bicyclic) bond motifs is 1. The van der Waals surface area contributed by atoms with E-state index in [0.29, 0.717) is 11.5 Å². The number of aromatic nitrogens is 3. The molecule has 0 aromatic carbocycles. The zero-order valence-electron chi connectivity index (χ0n) is 14.6. The van der Waals surface area contributed by atoms with E-state index in [0.717, 1.165) is 63.2 Å². The van der Waals surface area contributed by atoms with Crippen molar-refractivity contribution in [3.63, 3.8) is 0 Å². The van der Waals surface area contributed by atoms with Crippen LogP contribution in [0, 0.1) is 6.92 Å². The molecular weight excluding hydrogens is 314 g/mol. The third-order valence-corrected chi connectivity index (χ3v) is 5.06. The van der Waals surface area contributed by atoms with E-state index in [-0.39, 0.29) is 5.91 Å². The summed E-state index contributed by atoms with van der Waals surface area (Å²) in [6, 6.07) is 4.09. The molecular formula is C19H23N5O. The van der Waals surface area contributed by atoms with Gasteiger partial charge in [-0.1, -0.05) is 0 Å². The van der Waals surface area contributed by atoms with Crippen LogP contribution in [-0.2, 0) is 19.4 Å². The fourth-order valence-corrected chi connectivity index (χ4v) is 3.74. The van der Waals surface area contributed by atoms with Crippen LogP contribution in [0.25, 0.3) is 0 Å². The molecule has 130 valence electrons. The van der Waals surface area contributed by atoms with E-state index in [2.05, 4.69) is 19.9 Å². The summed E-state index contributed by atoms with van der Waals surface area (Å²) in [5.74, 6) is 0.785. The highest BCUT2D eigenvalue weighted by atomic mass is 16.2. The molecule has 1 amide bonds. The van der Waals surface area contributed by atoms with Gasteiger partial charge in [0.1, 0.15) is 11.5 Å². The molecule has 4 rings (SSSR count). The molecule has 2 aromatic rings. The fraction of sp³-hybridized carbons (Fsp3) is 0.474. The van der Waals surface area contributed by atoms with Crippen LogP contribution >= 0.6 is 0 Å². The number of nitrogens with zero attached hydrogens (tertiary/aromatic N) is 5. The van der Waals surface area contributed by atoms with Gasteiger partial charge in [0.05, 0.1) is 0 Å². The Bertz CT molecular complexity index is 769. The highest BCUT2D eigenvalue weighted by Crippen LogP contribution is 2.24. The molecule has 0 radical (unpaired) electrons. The van der Waals surface area contributed by atoms with Crippen LogP contribution in [0.3, 0.4) is 0 Å². The van der Waals surface area contributed by atoms with Crippen molar-refractivity contribution in [2.24, 2.45) is 0 Å². The first kappa shape index (κ1) is 16.1. The number of hydrogen-bond acceptors (Lipinski definition) is 5. The molecule has 1 aliphatic heterocycles. The summed E-state index contributed by atoms with van der Waals surface area (Å²) in [6.07, 6.45) is 6.63. The zero-order valence-corrected chi connectivity index (χ0v) is 14.6. The lowest BCUT2D eigenvalue weighted by Gasteiger charge is -2.34. The Labute approximate surface area is 147 Å². The highest BCUT2D eigenvalue weighted by molar-refractivity contribution is 5.94. The number of amides is 1. The van der Waals surface area contributed by atoms with E-state index in [1.807, 2.05) is 36.4 Å². The number of hydrogen-bond donors (Lipinski definition) is 0. The Kier molecular flexibility index (Phi) is 4.44. The average Bonchev–Trinajstić information content (AvgIpc) is 3.10. The maximum Gasteiger partial charge on any atom is 0.272 e. The van der Waals surface area contributed by atoms with Crippen molar-refractivity contribution >= 4 is 5.91 Å². The number of rotatable bonds is 3. The molecule has 2 aromatic heterocycles. The quantitative estimate of drug-likeness (QED) is 0.852. The monoisotopic (exact) mass is 337 g/mol. The molecule has 0 atom stereocenters. The molecule has 2 aliphatic rings. The normalized spacial score (nSPS) is 17.6. The second-order valence-electron chi connectivity index (χ2n) is 6.82. The summed E-state index contributed by atoms with van der Waals surface area (Å²) in [7, 11) is 0. The van der Waals surface area contributed by atoms with E-state index in [4.69, 9.17) is 0 Å². The highest BCUT2D eigenvalue weighted by Gasteiger charge is 2.28. The fourth-order valence-electron chi connectivity index (χ4n) is 3.74. The van der Waals surface area contributed by atoms with Gasteiger partial charge in [0.25, 0.3) is 5.91 Å². The minimum atomic E-state index is 0.0761. The van der Waals surface area contributed by atoms with Gasteiger partial charge in [-0.25, -0.2) is 9.97 Å². The number of carbonyl (C=O) groups is 1. The average molecular weight is 337 g/mol. The Balaban J connectivity index is 1.42. The first-order valence-electron chi connectivity index (χ1n) is 8.97. The zero-order chi connectivity index (χ0) is 17.2. The summed E-state index contributed by atoms with van der Waals surface area (Å²) in [4.78, 5) is 30.4. The van der Waals surface area contributed by atoms with Gasteiger partial charge >= 0.3 is 0 Å². The van der Waals surface area contributed by atoms with Crippen LogP contribution in [0.4, 0.5) is 0 Å². The maximum atomic E-state index is 13.0. The van der Waals surface area contributed by atoms with E-state index < -0.39 is 0 Å². The van der Waals surface area contributed by atoms with E-state index >= 15 is 0 Å². The number of piperazine rings is 1. The molecule has 25 heavy (non-hydrogen) atoms. The van der Waals surface area contributed by atoms with Crippen molar-refractivity contribution in [3.05, 3.63) is 52.9 Å².